The van der Waals surface area contributed by atoms with Gasteiger partial charge in [0.1, 0.15) is 5.75 Å². The molecule has 0 aliphatic heterocycles. The van der Waals surface area contributed by atoms with Crippen LogP contribution in [0.2, 0.25) is 0 Å². The Bertz CT molecular complexity index is 2060. The fourth-order valence-electron chi connectivity index (χ4n) is 7.00. The lowest BCUT2D eigenvalue weighted by molar-refractivity contribution is -0.116. The third kappa shape index (κ3) is 8.86. The summed E-state index contributed by atoms with van der Waals surface area (Å²) >= 11 is 0. The minimum atomic E-state index is -0.976. The lowest BCUT2D eigenvalue weighted by atomic mass is 9.89. The van der Waals surface area contributed by atoms with Crippen LogP contribution in [0.3, 0.4) is 0 Å². The number of benzene rings is 4. The lowest BCUT2D eigenvalue weighted by Crippen LogP contribution is -2.44. The molecule has 0 bridgehead atoms. The first-order valence-corrected chi connectivity index (χ1v) is 17.7. The minimum Gasteiger partial charge on any atom is -0.506 e. The van der Waals surface area contributed by atoms with Gasteiger partial charge in [0.25, 0.3) is 0 Å². The number of nitrogens with zero attached hydrogens (tertiary/aromatic N) is 1. The molecular weight excluding hydrogens is 658 g/mol. The monoisotopic (exact) mass is 703 g/mol. The number of rotatable bonds is 13. The van der Waals surface area contributed by atoms with Crippen LogP contribution in [0, 0.1) is 0 Å². The molecule has 8 N–H and O–H groups in total. The summed E-state index contributed by atoms with van der Waals surface area (Å²) in [4.78, 5) is 41.4. The average Bonchev–Trinajstić information content (AvgIpc) is 3.14. The van der Waals surface area contributed by atoms with E-state index in [0.717, 1.165) is 47.9 Å². The molecule has 11 nitrogen and oxygen atoms in total. The van der Waals surface area contributed by atoms with Crippen molar-refractivity contribution in [3.05, 3.63) is 124 Å². The smallest absolute Gasteiger partial charge is 0.412 e. The van der Waals surface area contributed by atoms with Crippen LogP contribution in [0.25, 0.3) is 22.0 Å². The van der Waals surface area contributed by atoms with Gasteiger partial charge >= 0.3 is 6.09 Å². The summed E-state index contributed by atoms with van der Waals surface area (Å²) < 4.78 is 0. The van der Waals surface area contributed by atoms with Crippen molar-refractivity contribution >= 4 is 34.3 Å². The molecule has 1 atom stereocenters. The molecule has 0 spiro atoms. The maximum atomic E-state index is 12.9. The topological polar surface area (TPSA) is 181 Å². The second-order valence-electron chi connectivity index (χ2n) is 13.5. The molecule has 1 unspecified atom stereocenters. The third-order valence-corrected chi connectivity index (χ3v) is 9.76. The lowest BCUT2D eigenvalue weighted by Gasteiger charge is -2.35. The Morgan fingerprint density at radius 2 is 1.63 bits per heavy atom. The van der Waals surface area contributed by atoms with E-state index in [1.807, 2.05) is 72.8 Å². The molecule has 1 aromatic heterocycles. The molecular formula is C41H45N5O6. The van der Waals surface area contributed by atoms with Gasteiger partial charge in [-0.15, -0.1) is 0 Å². The quantitative estimate of drug-likeness (QED) is 0.0732. The number of nitrogens with one attached hydrogen (secondary N) is 3. The Hall–Kier alpha value is -5.49. The van der Waals surface area contributed by atoms with Crippen molar-refractivity contribution in [3.63, 3.8) is 0 Å². The second-order valence-corrected chi connectivity index (χ2v) is 13.5. The van der Waals surface area contributed by atoms with E-state index < -0.39 is 12.2 Å². The zero-order chi connectivity index (χ0) is 36.6. The highest BCUT2D eigenvalue weighted by atomic mass is 16.4. The number of nitrogens with two attached hydrogens (primary N) is 1. The molecule has 4 aromatic carbocycles. The van der Waals surface area contributed by atoms with Gasteiger partial charge in [-0.25, -0.2) is 4.79 Å². The zero-order valence-corrected chi connectivity index (χ0v) is 28.9. The van der Waals surface area contributed by atoms with Crippen molar-refractivity contribution in [3.8, 4) is 16.9 Å². The molecule has 0 radical (unpaired) electrons. The Morgan fingerprint density at radius 1 is 0.904 bits per heavy atom. The van der Waals surface area contributed by atoms with Gasteiger partial charge in [-0.3, -0.25) is 14.5 Å². The van der Waals surface area contributed by atoms with E-state index >= 15 is 0 Å². The van der Waals surface area contributed by atoms with E-state index in [1.165, 1.54) is 17.0 Å². The van der Waals surface area contributed by atoms with E-state index in [9.17, 15) is 29.7 Å². The number of carbonyl (C=O) groups is 2. The van der Waals surface area contributed by atoms with E-state index in [-0.39, 0.29) is 41.4 Å². The highest BCUT2D eigenvalue weighted by Gasteiger charge is 2.30. The summed E-state index contributed by atoms with van der Waals surface area (Å²) in [7, 11) is 0. The van der Waals surface area contributed by atoms with E-state index in [1.54, 1.807) is 12.1 Å². The Kier molecular flexibility index (Phi) is 11.6. The van der Waals surface area contributed by atoms with Crippen LogP contribution in [-0.2, 0) is 17.8 Å². The summed E-state index contributed by atoms with van der Waals surface area (Å²) in [6.07, 6.45) is 2.69. The molecule has 270 valence electrons. The number of carboxylic acid groups (broad SMARTS) is 1. The van der Waals surface area contributed by atoms with Gasteiger partial charge in [-0.2, -0.15) is 0 Å². The van der Waals surface area contributed by atoms with E-state index in [4.69, 9.17) is 5.73 Å². The number of phenolic OH excluding ortho intramolecular Hbond substituents is 1. The first-order valence-electron chi connectivity index (χ1n) is 17.7. The molecule has 1 heterocycles. The van der Waals surface area contributed by atoms with Crippen LogP contribution < -0.4 is 26.8 Å². The number of amides is 2. The number of anilines is 2. The molecule has 1 aliphatic carbocycles. The van der Waals surface area contributed by atoms with Crippen molar-refractivity contribution in [1.82, 2.24) is 10.3 Å². The fraction of sp³-hybridized carbons (Fsp3) is 0.293. The number of hydrogen-bond acceptors (Lipinski definition) is 7. The maximum Gasteiger partial charge on any atom is 0.412 e. The fourth-order valence-corrected chi connectivity index (χ4v) is 7.00. The zero-order valence-electron chi connectivity index (χ0n) is 28.9. The third-order valence-electron chi connectivity index (χ3n) is 9.76. The number of aliphatic hydroxyl groups is 1. The van der Waals surface area contributed by atoms with Crippen LogP contribution >= 0.6 is 0 Å². The van der Waals surface area contributed by atoms with E-state index in [2.05, 4.69) is 15.6 Å². The van der Waals surface area contributed by atoms with Crippen LogP contribution in [0.15, 0.2) is 102 Å². The first-order chi connectivity index (χ1) is 25.2. The number of pyridine rings is 1. The molecule has 6 rings (SSSR count). The van der Waals surface area contributed by atoms with Crippen molar-refractivity contribution in [2.75, 3.05) is 16.8 Å². The Morgan fingerprint density at radius 3 is 2.37 bits per heavy atom. The van der Waals surface area contributed by atoms with Crippen LogP contribution in [0.5, 0.6) is 5.75 Å². The van der Waals surface area contributed by atoms with Crippen LogP contribution in [0.4, 0.5) is 16.2 Å². The number of fused-ring (bicyclic) bond motifs is 1. The molecule has 52 heavy (non-hydrogen) atoms. The molecule has 5 aromatic rings. The van der Waals surface area contributed by atoms with Gasteiger partial charge in [-0.05, 0) is 91.1 Å². The second kappa shape index (κ2) is 16.7. The average molecular weight is 704 g/mol. The highest BCUT2D eigenvalue weighted by molar-refractivity contribution is 5.94. The molecule has 1 aliphatic rings. The Balaban J connectivity index is 1.02. The van der Waals surface area contributed by atoms with Gasteiger partial charge in [0.15, 0.2) is 0 Å². The van der Waals surface area contributed by atoms with Crippen LogP contribution in [0.1, 0.15) is 61.3 Å². The molecule has 11 heteroatoms. The van der Waals surface area contributed by atoms with Gasteiger partial charge in [0.05, 0.1) is 17.3 Å². The predicted molar refractivity (Wildman–Crippen MR) is 204 cm³/mol. The van der Waals surface area contributed by atoms with Crippen LogP contribution in [-0.4, -0.2) is 50.9 Å². The number of aromatic hydroxyl groups is 1. The maximum absolute atomic E-state index is 12.9. The van der Waals surface area contributed by atoms with Gasteiger partial charge in [0.2, 0.25) is 11.5 Å². The van der Waals surface area contributed by atoms with Gasteiger partial charge < -0.3 is 36.7 Å². The summed E-state index contributed by atoms with van der Waals surface area (Å²) in [6.45, 7) is 0.731. The molecule has 2 amide bonds. The largest absolute Gasteiger partial charge is 0.506 e. The standard InChI is InChI=1S/C41H45N5O6/c42-29-12-16-31(17-13-29)46(41(51)52)35-23-26(11-18-32(35)28-6-2-1-3-7-28)5-4-8-38(49)44-30-14-9-27(10-15-30)24-43-25-37(48)33-19-21-36(47)40-34(33)20-22-39(50)45-40/h1-3,6-7,9-11,14-15,18-23,29,31,37,43,47-48H,4-5,8,12-13,16-17,24-25,42H2,(H,44,49)(H,45,50)(H,51,52). The number of carbonyl (C=O) groups excluding carboxylic acids is 1. The van der Waals surface area contributed by atoms with Crippen molar-refractivity contribution in [2.45, 2.75) is 69.7 Å². The van der Waals surface area contributed by atoms with Crippen molar-refractivity contribution < 1.29 is 24.9 Å². The minimum absolute atomic E-state index is 0.0585. The number of aromatic amines is 1. The number of H-pyrrole nitrogens is 1. The summed E-state index contributed by atoms with van der Waals surface area (Å²) in [5.41, 5.74) is 11.8. The predicted octanol–water partition coefficient (Wildman–Crippen LogP) is 6.44. The number of phenols is 1. The summed E-state index contributed by atoms with van der Waals surface area (Å²) in [6, 6.07) is 29.2. The first kappa shape index (κ1) is 36.3. The molecule has 1 saturated carbocycles. The highest BCUT2D eigenvalue weighted by Crippen LogP contribution is 2.36. The van der Waals surface area contributed by atoms with Gasteiger partial charge in [0, 0.05) is 54.3 Å². The normalized spacial score (nSPS) is 16.3. The number of hydrogen-bond donors (Lipinski definition) is 7. The summed E-state index contributed by atoms with van der Waals surface area (Å²) in [5, 5.41) is 38.1. The summed E-state index contributed by atoms with van der Waals surface area (Å²) in [5.74, 6) is -0.167. The SMILES string of the molecule is NC1CCC(N(C(=O)O)c2cc(CCCC(=O)Nc3ccc(CNCC(O)c4ccc(O)c5[nH]c(=O)ccc45)cc3)ccc2-c2ccccc2)CC1. The number of aliphatic hydroxyl groups excluding tert-OH is 1. The van der Waals surface area contributed by atoms with Crippen molar-refractivity contribution in [1.29, 1.82) is 0 Å². The van der Waals surface area contributed by atoms with Gasteiger partial charge in [-0.1, -0.05) is 60.7 Å². The van der Waals surface area contributed by atoms with Crippen molar-refractivity contribution in [2.24, 2.45) is 5.73 Å². The Labute approximate surface area is 302 Å². The molecule has 0 saturated heterocycles. The van der Waals surface area contributed by atoms with E-state index in [0.29, 0.717) is 48.1 Å². The number of aryl methyl sites for hydroxylation is 1. The number of aromatic nitrogens is 1. The molecule has 1 fully saturated rings.